The summed E-state index contributed by atoms with van der Waals surface area (Å²) in [5.74, 6) is 0.203. The van der Waals surface area contributed by atoms with Crippen molar-refractivity contribution in [1.82, 2.24) is 0 Å². The molecule has 2 heterocycles. The van der Waals surface area contributed by atoms with E-state index in [0.717, 1.165) is 17.7 Å². The standard InChI is InChI=1S/C14H13NOS/c1-15-13-7-3-2-6-11(13)12(14(15)16)9-10-5-4-8-17-10/h2-8,12H,9H2,1H3/t12-/m1/s1. The molecule has 17 heavy (non-hydrogen) atoms. The van der Waals surface area contributed by atoms with E-state index in [0.29, 0.717) is 0 Å². The Hall–Kier alpha value is -1.61. The van der Waals surface area contributed by atoms with Gasteiger partial charge in [-0.25, -0.2) is 0 Å². The van der Waals surface area contributed by atoms with Crippen LogP contribution in [0.25, 0.3) is 0 Å². The Kier molecular flexibility index (Phi) is 2.48. The number of fused-ring (bicyclic) bond motifs is 1. The van der Waals surface area contributed by atoms with Crippen molar-refractivity contribution in [2.24, 2.45) is 0 Å². The molecule has 0 saturated carbocycles. The van der Waals surface area contributed by atoms with Gasteiger partial charge in [0.1, 0.15) is 0 Å². The fourth-order valence-corrected chi connectivity index (χ4v) is 3.15. The average molecular weight is 243 g/mol. The van der Waals surface area contributed by atoms with E-state index in [9.17, 15) is 4.79 Å². The molecule has 3 rings (SSSR count). The maximum atomic E-state index is 12.2. The molecule has 0 bridgehead atoms. The van der Waals surface area contributed by atoms with E-state index in [4.69, 9.17) is 0 Å². The van der Waals surface area contributed by atoms with E-state index in [2.05, 4.69) is 17.5 Å². The summed E-state index contributed by atoms with van der Waals surface area (Å²) < 4.78 is 0. The quantitative estimate of drug-likeness (QED) is 0.794. The predicted octanol–water partition coefficient (Wildman–Crippen LogP) is 3.05. The molecule has 1 aliphatic heterocycles. The molecule has 86 valence electrons. The van der Waals surface area contributed by atoms with Crippen LogP contribution in [-0.2, 0) is 11.2 Å². The Labute approximate surface area is 105 Å². The van der Waals surface area contributed by atoms with Gasteiger partial charge in [-0.3, -0.25) is 4.79 Å². The molecule has 0 saturated heterocycles. The molecule has 0 radical (unpaired) electrons. The summed E-state index contributed by atoms with van der Waals surface area (Å²) in [5.41, 5.74) is 2.22. The molecule has 2 aromatic rings. The summed E-state index contributed by atoms with van der Waals surface area (Å²) in [6.07, 6.45) is 0.817. The number of hydrogen-bond donors (Lipinski definition) is 0. The van der Waals surface area contributed by atoms with Gasteiger partial charge in [-0.1, -0.05) is 24.3 Å². The molecule has 1 amide bonds. The number of carbonyl (C=O) groups excluding carboxylic acids is 1. The SMILES string of the molecule is CN1C(=O)[C@H](Cc2cccs2)c2ccccc21. The van der Waals surface area contributed by atoms with E-state index < -0.39 is 0 Å². The summed E-state index contributed by atoms with van der Waals surface area (Å²) >= 11 is 1.72. The van der Waals surface area contributed by atoms with Gasteiger partial charge in [-0.2, -0.15) is 0 Å². The monoisotopic (exact) mass is 243 g/mol. The van der Waals surface area contributed by atoms with E-state index in [1.807, 2.05) is 31.3 Å². The van der Waals surface area contributed by atoms with Gasteiger partial charge in [0, 0.05) is 17.6 Å². The van der Waals surface area contributed by atoms with Crippen LogP contribution in [0.2, 0.25) is 0 Å². The molecule has 0 N–H and O–H groups in total. The highest BCUT2D eigenvalue weighted by Gasteiger charge is 2.34. The lowest BCUT2D eigenvalue weighted by Crippen LogP contribution is -2.24. The molecule has 0 aliphatic carbocycles. The van der Waals surface area contributed by atoms with Gasteiger partial charge < -0.3 is 4.90 Å². The number of carbonyl (C=O) groups is 1. The number of nitrogens with zero attached hydrogens (tertiary/aromatic N) is 1. The van der Waals surface area contributed by atoms with E-state index in [1.54, 1.807) is 16.2 Å². The van der Waals surface area contributed by atoms with Gasteiger partial charge in [0.15, 0.2) is 0 Å². The number of rotatable bonds is 2. The van der Waals surface area contributed by atoms with Crippen LogP contribution in [0, 0.1) is 0 Å². The summed E-state index contributed by atoms with van der Waals surface area (Å²) in [6.45, 7) is 0. The lowest BCUT2D eigenvalue weighted by Gasteiger charge is -2.10. The molecule has 3 heteroatoms. The van der Waals surface area contributed by atoms with Crippen LogP contribution in [0.15, 0.2) is 41.8 Å². The Morgan fingerprint density at radius 2 is 2.06 bits per heavy atom. The first-order chi connectivity index (χ1) is 8.27. The molecule has 1 aromatic heterocycles. The van der Waals surface area contributed by atoms with Crippen molar-refractivity contribution in [2.75, 3.05) is 11.9 Å². The molecule has 0 fully saturated rings. The van der Waals surface area contributed by atoms with Gasteiger partial charge in [-0.15, -0.1) is 11.3 Å². The first-order valence-electron chi connectivity index (χ1n) is 5.66. The Bertz CT molecular complexity index is 547. The molecule has 0 unspecified atom stereocenters. The van der Waals surface area contributed by atoms with Crippen molar-refractivity contribution in [1.29, 1.82) is 0 Å². The van der Waals surface area contributed by atoms with Crippen molar-refractivity contribution in [3.05, 3.63) is 52.2 Å². The van der Waals surface area contributed by atoms with Gasteiger partial charge >= 0.3 is 0 Å². The van der Waals surface area contributed by atoms with Crippen molar-refractivity contribution < 1.29 is 4.79 Å². The number of benzene rings is 1. The van der Waals surface area contributed by atoms with Crippen molar-refractivity contribution >= 4 is 22.9 Å². The highest BCUT2D eigenvalue weighted by atomic mass is 32.1. The highest BCUT2D eigenvalue weighted by molar-refractivity contribution is 7.09. The van der Waals surface area contributed by atoms with Crippen LogP contribution in [0.4, 0.5) is 5.69 Å². The summed E-state index contributed by atoms with van der Waals surface area (Å²) in [7, 11) is 1.86. The maximum absolute atomic E-state index is 12.2. The van der Waals surface area contributed by atoms with E-state index in [1.165, 1.54) is 4.88 Å². The summed E-state index contributed by atoms with van der Waals surface area (Å²) in [4.78, 5) is 15.3. The Morgan fingerprint density at radius 3 is 2.82 bits per heavy atom. The Balaban J connectivity index is 1.98. The summed E-state index contributed by atoms with van der Waals surface area (Å²) in [5, 5.41) is 2.06. The number of anilines is 1. The molecule has 1 aromatic carbocycles. The third-order valence-corrected chi connectivity index (χ3v) is 4.19. The fraction of sp³-hybridized carbons (Fsp3) is 0.214. The van der Waals surface area contributed by atoms with Gasteiger partial charge in [-0.05, 0) is 29.5 Å². The van der Waals surface area contributed by atoms with Crippen LogP contribution in [-0.4, -0.2) is 13.0 Å². The summed E-state index contributed by atoms with van der Waals surface area (Å²) in [6, 6.07) is 12.2. The minimum absolute atomic E-state index is 0.00477. The molecular weight excluding hydrogens is 230 g/mol. The lowest BCUT2D eigenvalue weighted by atomic mass is 9.97. The van der Waals surface area contributed by atoms with Crippen molar-refractivity contribution in [2.45, 2.75) is 12.3 Å². The zero-order valence-corrected chi connectivity index (χ0v) is 10.4. The predicted molar refractivity (Wildman–Crippen MR) is 70.6 cm³/mol. The van der Waals surface area contributed by atoms with E-state index >= 15 is 0 Å². The first kappa shape index (κ1) is 10.5. The van der Waals surface area contributed by atoms with Gasteiger partial charge in [0.25, 0.3) is 0 Å². The topological polar surface area (TPSA) is 20.3 Å². The number of likely N-dealkylation sites (N-methyl/N-ethyl adjacent to an activating group) is 1. The van der Waals surface area contributed by atoms with Crippen LogP contribution >= 0.6 is 11.3 Å². The molecule has 2 nitrogen and oxygen atoms in total. The van der Waals surface area contributed by atoms with Gasteiger partial charge in [0.05, 0.1) is 5.92 Å². The second kappa shape index (κ2) is 4.00. The minimum Gasteiger partial charge on any atom is -0.315 e. The highest BCUT2D eigenvalue weighted by Crippen LogP contribution is 2.38. The number of thiophene rings is 1. The molecule has 1 atom stereocenters. The molecule has 1 aliphatic rings. The lowest BCUT2D eigenvalue weighted by molar-refractivity contribution is -0.119. The maximum Gasteiger partial charge on any atom is 0.234 e. The molecule has 0 spiro atoms. The van der Waals surface area contributed by atoms with Crippen molar-refractivity contribution in [3.8, 4) is 0 Å². The van der Waals surface area contributed by atoms with Crippen LogP contribution in [0.3, 0.4) is 0 Å². The number of hydrogen-bond acceptors (Lipinski definition) is 2. The van der Waals surface area contributed by atoms with Crippen LogP contribution in [0.5, 0.6) is 0 Å². The van der Waals surface area contributed by atoms with Gasteiger partial charge in [0.2, 0.25) is 5.91 Å². The second-order valence-electron chi connectivity index (χ2n) is 4.29. The molecular formula is C14H13NOS. The first-order valence-corrected chi connectivity index (χ1v) is 6.54. The number of para-hydroxylation sites is 1. The largest absolute Gasteiger partial charge is 0.315 e. The fourth-order valence-electron chi connectivity index (χ4n) is 2.40. The van der Waals surface area contributed by atoms with Crippen LogP contribution in [0.1, 0.15) is 16.4 Å². The van der Waals surface area contributed by atoms with E-state index in [-0.39, 0.29) is 11.8 Å². The zero-order chi connectivity index (χ0) is 11.8. The normalized spacial score (nSPS) is 18.5. The minimum atomic E-state index is -0.00477. The second-order valence-corrected chi connectivity index (χ2v) is 5.32. The third kappa shape index (κ3) is 1.67. The van der Waals surface area contributed by atoms with Crippen molar-refractivity contribution in [3.63, 3.8) is 0 Å². The number of amides is 1. The third-order valence-electron chi connectivity index (χ3n) is 3.29. The smallest absolute Gasteiger partial charge is 0.234 e. The average Bonchev–Trinajstić information content (AvgIpc) is 2.94. The Morgan fingerprint density at radius 1 is 1.24 bits per heavy atom. The van der Waals surface area contributed by atoms with Crippen LogP contribution < -0.4 is 4.90 Å². The zero-order valence-electron chi connectivity index (χ0n) is 9.59.